The second kappa shape index (κ2) is 6.46. The molecule has 2 rings (SSSR count). The van der Waals surface area contributed by atoms with E-state index in [2.05, 4.69) is 0 Å². The fraction of sp³-hybridized carbons (Fsp3) is 0.250. The molecular weight excluding hydrogens is 298 g/mol. The summed E-state index contributed by atoms with van der Waals surface area (Å²) in [5.74, 6) is -1.07. The summed E-state index contributed by atoms with van der Waals surface area (Å²) in [5.41, 5.74) is 5.35. The van der Waals surface area contributed by atoms with Crippen molar-refractivity contribution in [2.45, 2.75) is 24.7 Å². The fourth-order valence-corrected chi connectivity index (χ4v) is 2.16. The van der Waals surface area contributed by atoms with Gasteiger partial charge in [0.05, 0.1) is 17.7 Å². The Kier molecular flexibility index (Phi) is 4.83. The van der Waals surface area contributed by atoms with Gasteiger partial charge in [0.15, 0.2) is 0 Å². The maximum Gasteiger partial charge on any atom is 0.416 e. The Hall–Kier alpha value is -1.92. The fourth-order valence-electron chi connectivity index (χ4n) is 2.16. The summed E-state index contributed by atoms with van der Waals surface area (Å²) in [4.78, 5) is 0. The second-order valence-electron chi connectivity index (χ2n) is 5.02. The van der Waals surface area contributed by atoms with Gasteiger partial charge < -0.3 is 10.8 Å². The van der Waals surface area contributed by atoms with E-state index in [-0.39, 0.29) is 12.0 Å². The molecule has 0 bridgehead atoms. The number of aliphatic hydroxyl groups is 1. The Bertz CT molecular complexity index is 628. The highest BCUT2D eigenvalue weighted by Crippen LogP contribution is 2.31. The van der Waals surface area contributed by atoms with Crippen LogP contribution in [0.1, 0.15) is 22.7 Å². The molecule has 0 spiro atoms. The van der Waals surface area contributed by atoms with E-state index >= 15 is 0 Å². The summed E-state index contributed by atoms with van der Waals surface area (Å²) in [6, 6.07) is 9.94. The third kappa shape index (κ3) is 3.84. The predicted octanol–water partition coefficient (Wildman–Crippen LogP) is 3.45. The van der Waals surface area contributed by atoms with Gasteiger partial charge in [-0.15, -0.1) is 0 Å². The number of benzene rings is 2. The van der Waals surface area contributed by atoms with Crippen LogP contribution >= 0.6 is 0 Å². The van der Waals surface area contributed by atoms with Crippen molar-refractivity contribution in [3.8, 4) is 0 Å². The van der Waals surface area contributed by atoms with Crippen molar-refractivity contribution in [1.82, 2.24) is 0 Å². The maximum absolute atomic E-state index is 13.8. The van der Waals surface area contributed by atoms with Crippen LogP contribution in [0, 0.1) is 5.82 Å². The maximum atomic E-state index is 13.8. The average molecular weight is 313 g/mol. The summed E-state index contributed by atoms with van der Waals surface area (Å²) in [6.07, 6.45) is -5.54. The van der Waals surface area contributed by atoms with Gasteiger partial charge >= 0.3 is 6.18 Å². The van der Waals surface area contributed by atoms with E-state index in [9.17, 15) is 22.7 Å². The van der Waals surface area contributed by atoms with Crippen LogP contribution in [-0.4, -0.2) is 11.2 Å². The van der Waals surface area contributed by atoms with E-state index < -0.39 is 29.7 Å². The molecule has 118 valence electrons. The molecular formula is C16H15F4NO. The second-order valence-corrected chi connectivity index (χ2v) is 5.02. The summed E-state index contributed by atoms with van der Waals surface area (Å²) in [6.45, 7) is 0. The molecule has 0 amide bonds. The predicted molar refractivity (Wildman–Crippen MR) is 74.5 cm³/mol. The molecule has 2 atom stereocenters. The Morgan fingerprint density at radius 2 is 1.68 bits per heavy atom. The first-order chi connectivity index (χ1) is 10.3. The van der Waals surface area contributed by atoms with Crippen molar-refractivity contribution in [2.75, 3.05) is 0 Å². The van der Waals surface area contributed by atoms with Crippen LogP contribution in [0.15, 0.2) is 48.5 Å². The zero-order valence-electron chi connectivity index (χ0n) is 11.5. The lowest BCUT2D eigenvalue weighted by Gasteiger charge is -2.20. The molecule has 0 saturated carbocycles. The number of halogens is 4. The standard InChI is InChI=1S/C16H15F4NO/c17-13-9-11(16(18,19)20)6-7-12(13)15(21)14(22)8-10-4-2-1-3-5-10/h1-7,9,14-15,22H,8,21H2/t14-,15+/m0/s1. The molecule has 3 N–H and O–H groups in total. The van der Waals surface area contributed by atoms with Gasteiger partial charge in [-0.1, -0.05) is 36.4 Å². The molecule has 0 aliphatic carbocycles. The molecule has 0 aliphatic rings. The van der Waals surface area contributed by atoms with Crippen LogP contribution in [0.25, 0.3) is 0 Å². The topological polar surface area (TPSA) is 46.2 Å². The first-order valence-electron chi connectivity index (χ1n) is 6.63. The lowest BCUT2D eigenvalue weighted by molar-refractivity contribution is -0.137. The molecule has 2 nitrogen and oxygen atoms in total. The highest BCUT2D eigenvalue weighted by Gasteiger charge is 2.32. The summed E-state index contributed by atoms with van der Waals surface area (Å²) >= 11 is 0. The summed E-state index contributed by atoms with van der Waals surface area (Å²) in [5, 5.41) is 10.1. The largest absolute Gasteiger partial charge is 0.416 e. The SMILES string of the molecule is N[C@H](c1ccc(C(F)(F)F)cc1F)[C@@H](O)Cc1ccccc1. The monoisotopic (exact) mass is 313 g/mol. The average Bonchev–Trinajstić information content (AvgIpc) is 2.46. The molecule has 0 saturated heterocycles. The van der Waals surface area contributed by atoms with Gasteiger partial charge in [-0.3, -0.25) is 0 Å². The van der Waals surface area contributed by atoms with Gasteiger partial charge in [0.2, 0.25) is 0 Å². The minimum atomic E-state index is -4.62. The Morgan fingerprint density at radius 1 is 1.05 bits per heavy atom. The van der Waals surface area contributed by atoms with Crippen molar-refractivity contribution in [3.63, 3.8) is 0 Å². The highest BCUT2D eigenvalue weighted by molar-refractivity contribution is 5.29. The lowest BCUT2D eigenvalue weighted by Crippen LogP contribution is -2.29. The van der Waals surface area contributed by atoms with E-state index in [1.807, 2.05) is 6.07 Å². The van der Waals surface area contributed by atoms with Crippen LogP contribution in [0.5, 0.6) is 0 Å². The Labute approximate surface area is 125 Å². The van der Waals surface area contributed by atoms with Gasteiger partial charge in [0.1, 0.15) is 5.82 Å². The number of aliphatic hydroxyl groups excluding tert-OH is 1. The van der Waals surface area contributed by atoms with Crippen molar-refractivity contribution in [3.05, 3.63) is 71.0 Å². The van der Waals surface area contributed by atoms with Crippen molar-refractivity contribution >= 4 is 0 Å². The summed E-state index contributed by atoms with van der Waals surface area (Å²) < 4.78 is 51.3. The quantitative estimate of drug-likeness (QED) is 0.849. The van der Waals surface area contributed by atoms with Crippen LogP contribution in [0.2, 0.25) is 0 Å². The zero-order valence-corrected chi connectivity index (χ0v) is 11.5. The molecule has 0 radical (unpaired) electrons. The van der Waals surface area contributed by atoms with Gasteiger partial charge in [0.25, 0.3) is 0 Å². The van der Waals surface area contributed by atoms with E-state index in [1.165, 1.54) is 0 Å². The molecule has 0 aromatic heterocycles. The third-order valence-corrected chi connectivity index (χ3v) is 3.39. The molecule has 0 fully saturated rings. The van der Waals surface area contributed by atoms with E-state index in [0.717, 1.165) is 17.7 Å². The van der Waals surface area contributed by atoms with Crippen LogP contribution < -0.4 is 5.73 Å². The minimum Gasteiger partial charge on any atom is -0.391 e. The van der Waals surface area contributed by atoms with E-state index in [1.54, 1.807) is 24.3 Å². The number of alkyl halides is 3. The van der Waals surface area contributed by atoms with E-state index in [4.69, 9.17) is 5.73 Å². The molecule has 2 aromatic rings. The van der Waals surface area contributed by atoms with Crippen molar-refractivity contribution < 1.29 is 22.7 Å². The Balaban J connectivity index is 2.17. The number of hydrogen-bond acceptors (Lipinski definition) is 2. The van der Waals surface area contributed by atoms with Crippen LogP contribution in [0.4, 0.5) is 17.6 Å². The van der Waals surface area contributed by atoms with E-state index in [0.29, 0.717) is 6.07 Å². The first kappa shape index (κ1) is 16.5. The molecule has 2 aromatic carbocycles. The lowest BCUT2D eigenvalue weighted by atomic mass is 9.95. The van der Waals surface area contributed by atoms with Crippen LogP contribution in [-0.2, 0) is 12.6 Å². The zero-order chi connectivity index (χ0) is 16.3. The highest BCUT2D eigenvalue weighted by atomic mass is 19.4. The number of hydrogen-bond donors (Lipinski definition) is 2. The molecule has 0 aliphatic heterocycles. The van der Waals surface area contributed by atoms with Crippen molar-refractivity contribution in [1.29, 1.82) is 0 Å². The molecule has 0 heterocycles. The summed E-state index contributed by atoms with van der Waals surface area (Å²) in [7, 11) is 0. The van der Waals surface area contributed by atoms with Gasteiger partial charge in [-0.25, -0.2) is 4.39 Å². The van der Waals surface area contributed by atoms with Gasteiger partial charge in [-0.2, -0.15) is 13.2 Å². The van der Waals surface area contributed by atoms with Gasteiger partial charge in [-0.05, 0) is 17.7 Å². The van der Waals surface area contributed by atoms with Gasteiger partial charge in [0, 0.05) is 12.0 Å². The van der Waals surface area contributed by atoms with Crippen LogP contribution in [0.3, 0.4) is 0 Å². The molecule has 0 unspecified atom stereocenters. The Morgan fingerprint density at radius 3 is 2.23 bits per heavy atom. The normalized spacial score (nSPS) is 14.6. The molecule has 22 heavy (non-hydrogen) atoms. The third-order valence-electron chi connectivity index (χ3n) is 3.39. The minimum absolute atomic E-state index is 0.142. The number of nitrogens with two attached hydrogens (primary N) is 1. The van der Waals surface area contributed by atoms with Crippen molar-refractivity contribution in [2.24, 2.45) is 5.73 Å². The smallest absolute Gasteiger partial charge is 0.391 e. The first-order valence-corrected chi connectivity index (χ1v) is 6.63. The molecule has 6 heteroatoms. The number of rotatable bonds is 4.